The van der Waals surface area contributed by atoms with Gasteiger partial charge in [-0.15, -0.1) is 0 Å². The number of anilines is 1. The standard InChI is InChI=1S/C22H28ClFN4O/c1-26(2)17-9-7-16(8-10-17)20(28-13-11-27(3)12-14-28)15-25-22(29)21-18(23)5-4-6-19(21)24/h4-10,20H,11-15H2,1-3H3,(H,25,29)/p+2/t20-/m1/s1. The predicted molar refractivity (Wildman–Crippen MR) is 115 cm³/mol. The van der Waals surface area contributed by atoms with Gasteiger partial charge < -0.3 is 20.0 Å². The first kappa shape index (κ1) is 21.6. The zero-order chi connectivity index (χ0) is 21.0. The van der Waals surface area contributed by atoms with Crippen LogP contribution >= 0.6 is 11.6 Å². The molecule has 29 heavy (non-hydrogen) atoms. The molecule has 1 saturated heterocycles. The molecule has 1 aliphatic rings. The van der Waals surface area contributed by atoms with E-state index < -0.39 is 11.7 Å². The van der Waals surface area contributed by atoms with Crippen molar-refractivity contribution < 1.29 is 19.0 Å². The van der Waals surface area contributed by atoms with Crippen LogP contribution in [0.5, 0.6) is 0 Å². The van der Waals surface area contributed by atoms with Crippen molar-refractivity contribution in [3.8, 4) is 0 Å². The van der Waals surface area contributed by atoms with Gasteiger partial charge in [-0.25, -0.2) is 4.39 Å². The number of piperazine rings is 1. The van der Waals surface area contributed by atoms with Gasteiger partial charge in [0, 0.05) is 25.3 Å². The van der Waals surface area contributed by atoms with Crippen molar-refractivity contribution in [1.29, 1.82) is 0 Å². The highest BCUT2D eigenvalue weighted by Crippen LogP contribution is 2.20. The third kappa shape index (κ3) is 5.26. The fraction of sp³-hybridized carbons (Fsp3) is 0.409. The lowest BCUT2D eigenvalue weighted by Gasteiger charge is -2.33. The van der Waals surface area contributed by atoms with Gasteiger partial charge in [-0.1, -0.05) is 29.8 Å². The summed E-state index contributed by atoms with van der Waals surface area (Å²) in [6, 6.07) is 12.8. The molecule has 2 aromatic carbocycles. The van der Waals surface area contributed by atoms with Gasteiger partial charge in [0.05, 0.1) is 24.2 Å². The highest BCUT2D eigenvalue weighted by Gasteiger charge is 2.30. The van der Waals surface area contributed by atoms with Crippen molar-refractivity contribution in [2.24, 2.45) is 0 Å². The quantitative estimate of drug-likeness (QED) is 0.634. The molecule has 3 N–H and O–H groups in total. The van der Waals surface area contributed by atoms with E-state index in [1.807, 2.05) is 14.1 Å². The smallest absolute Gasteiger partial charge is 0.256 e. The number of halogens is 2. The first-order valence-corrected chi connectivity index (χ1v) is 10.4. The van der Waals surface area contributed by atoms with Gasteiger partial charge in [-0.05, 0) is 24.3 Å². The number of amides is 1. The van der Waals surface area contributed by atoms with E-state index in [9.17, 15) is 9.18 Å². The number of rotatable bonds is 6. The van der Waals surface area contributed by atoms with Crippen LogP contribution in [0.1, 0.15) is 22.0 Å². The third-order valence-electron chi connectivity index (χ3n) is 5.71. The van der Waals surface area contributed by atoms with Crippen LogP contribution in [0.15, 0.2) is 42.5 Å². The van der Waals surface area contributed by atoms with Crippen molar-refractivity contribution in [2.45, 2.75) is 6.04 Å². The topological polar surface area (TPSA) is 41.2 Å². The van der Waals surface area contributed by atoms with E-state index in [1.165, 1.54) is 33.6 Å². The van der Waals surface area contributed by atoms with E-state index >= 15 is 0 Å². The van der Waals surface area contributed by atoms with Crippen LogP contribution in [0.2, 0.25) is 5.02 Å². The SMILES string of the molecule is CN(C)c1ccc([C@@H](CNC(=O)c2c(F)cccc2Cl)[NH+]2CC[NH+](C)CC2)cc1. The Kier molecular flexibility index (Phi) is 7.11. The number of carbonyl (C=O) groups excluding carboxylic acids is 1. The molecule has 1 amide bonds. The second kappa shape index (κ2) is 9.57. The van der Waals surface area contributed by atoms with E-state index in [4.69, 9.17) is 11.6 Å². The van der Waals surface area contributed by atoms with Gasteiger partial charge >= 0.3 is 0 Å². The molecule has 0 aliphatic carbocycles. The molecule has 3 rings (SSSR count). The first-order chi connectivity index (χ1) is 13.9. The van der Waals surface area contributed by atoms with Crippen molar-refractivity contribution in [3.63, 3.8) is 0 Å². The summed E-state index contributed by atoms with van der Waals surface area (Å²) in [5, 5.41) is 3.05. The minimum Gasteiger partial charge on any atom is -0.378 e. The summed E-state index contributed by atoms with van der Waals surface area (Å²) in [7, 11) is 6.23. The van der Waals surface area contributed by atoms with Crippen molar-refractivity contribution in [1.82, 2.24) is 5.32 Å². The number of hydrogen-bond donors (Lipinski definition) is 3. The van der Waals surface area contributed by atoms with Crippen LogP contribution in [0, 0.1) is 5.82 Å². The number of hydrogen-bond acceptors (Lipinski definition) is 2. The van der Waals surface area contributed by atoms with Gasteiger partial charge in [0.25, 0.3) is 5.91 Å². The summed E-state index contributed by atoms with van der Waals surface area (Å²) in [4.78, 5) is 17.7. The van der Waals surface area contributed by atoms with Crippen LogP contribution in [-0.4, -0.2) is 59.8 Å². The molecule has 0 unspecified atom stereocenters. The van der Waals surface area contributed by atoms with Crippen molar-refractivity contribution >= 4 is 23.2 Å². The Morgan fingerprint density at radius 1 is 1.14 bits per heavy atom. The molecule has 1 aliphatic heterocycles. The molecule has 0 radical (unpaired) electrons. The van der Waals surface area contributed by atoms with Gasteiger partial charge in [0.1, 0.15) is 38.0 Å². The maximum Gasteiger partial charge on any atom is 0.256 e. The van der Waals surface area contributed by atoms with Gasteiger partial charge in [0.15, 0.2) is 0 Å². The van der Waals surface area contributed by atoms with E-state index in [2.05, 4.69) is 41.5 Å². The summed E-state index contributed by atoms with van der Waals surface area (Å²) in [5.74, 6) is -1.07. The Morgan fingerprint density at radius 3 is 2.38 bits per heavy atom. The third-order valence-corrected chi connectivity index (χ3v) is 6.02. The van der Waals surface area contributed by atoms with Crippen LogP contribution in [-0.2, 0) is 0 Å². The lowest BCUT2D eigenvalue weighted by Crippen LogP contribution is -3.27. The largest absolute Gasteiger partial charge is 0.378 e. The predicted octanol–water partition coefficient (Wildman–Crippen LogP) is 0.429. The van der Waals surface area contributed by atoms with E-state index in [1.54, 1.807) is 0 Å². The van der Waals surface area contributed by atoms with Crippen molar-refractivity contribution in [3.05, 3.63) is 64.4 Å². The Bertz CT molecular complexity index is 815. The Labute approximate surface area is 177 Å². The molecule has 0 spiro atoms. The average Bonchev–Trinajstić information content (AvgIpc) is 2.69. The summed E-state index contributed by atoms with van der Waals surface area (Å²) >= 11 is 6.06. The average molecular weight is 421 g/mol. The van der Waals surface area contributed by atoms with Gasteiger partial charge in [-0.3, -0.25) is 4.79 Å². The molecular formula is C22H30ClFN4O+2. The molecule has 2 aromatic rings. The molecule has 7 heteroatoms. The fourth-order valence-electron chi connectivity index (χ4n) is 3.85. The zero-order valence-corrected chi connectivity index (χ0v) is 18.0. The minimum absolute atomic E-state index is 0.0892. The molecule has 1 fully saturated rings. The number of benzene rings is 2. The number of likely N-dealkylation sites (N-methyl/N-ethyl adjacent to an activating group) is 1. The lowest BCUT2D eigenvalue weighted by molar-refractivity contribution is -1.02. The van der Waals surface area contributed by atoms with E-state index in [-0.39, 0.29) is 16.6 Å². The maximum absolute atomic E-state index is 14.1. The number of quaternary nitrogens is 2. The normalized spacial score (nSPS) is 20.2. The van der Waals surface area contributed by atoms with Gasteiger partial charge in [-0.2, -0.15) is 0 Å². The summed E-state index contributed by atoms with van der Waals surface area (Å²) in [5.41, 5.74) is 2.21. The Morgan fingerprint density at radius 2 is 1.79 bits per heavy atom. The highest BCUT2D eigenvalue weighted by atomic mass is 35.5. The van der Waals surface area contributed by atoms with Crippen molar-refractivity contribution in [2.75, 3.05) is 58.8 Å². The molecule has 156 valence electrons. The number of nitrogens with zero attached hydrogens (tertiary/aromatic N) is 1. The molecular weight excluding hydrogens is 391 g/mol. The maximum atomic E-state index is 14.1. The highest BCUT2D eigenvalue weighted by molar-refractivity contribution is 6.33. The van der Waals surface area contributed by atoms with E-state index in [0.29, 0.717) is 6.54 Å². The second-order valence-corrected chi connectivity index (χ2v) is 8.37. The summed E-state index contributed by atoms with van der Waals surface area (Å²) in [6.45, 7) is 4.67. The summed E-state index contributed by atoms with van der Waals surface area (Å²) < 4.78 is 14.1. The van der Waals surface area contributed by atoms with E-state index in [0.717, 1.165) is 31.9 Å². The molecule has 0 saturated carbocycles. The first-order valence-electron chi connectivity index (χ1n) is 10.0. The van der Waals surface area contributed by atoms with Crippen LogP contribution < -0.4 is 20.0 Å². The molecule has 5 nitrogen and oxygen atoms in total. The minimum atomic E-state index is -0.600. The number of carbonyl (C=O) groups is 1. The van der Waals surface area contributed by atoms with Crippen LogP contribution in [0.4, 0.5) is 10.1 Å². The molecule has 1 heterocycles. The molecule has 0 bridgehead atoms. The monoisotopic (exact) mass is 420 g/mol. The second-order valence-electron chi connectivity index (χ2n) is 7.96. The Balaban J connectivity index is 1.78. The van der Waals surface area contributed by atoms with Crippen LogP contribution in [0.3, 0.4) is 0 Å². The fourth-order valence-corrected chi connectivity index (χ4v) is 4.10. The van der Waals surface area contributed by atoms with Gasteiger partial charge in [0.2, 0.25) is 0 Å². The molecule has 0 aromatic heterocycles. The zero-order valence-electron chi connectivity index (χ0n) is 17.3. The summed E-state index contributed by atoms with van der Waals surface area (Å²) in [6.07, 6.45) is 0. The number of nitrogens with one attached hydrogen (secondary N) is 3. The lowest BCUT2D eigenvalue weighted by atomic mass is 10.0. The Hall–Kier alpha value is -2.15. The molecule has 1 atom stereocenters. The van der Waals surface area contributed by atoms with Crippen LogP contribution in [0.25, 0.3) is 0 Å².